The van der Waals surface area contributed by atoms with Gasteiger partial charge in [-0.15, -0.1) is 0 Å². The summed E-state index contributed by atoms with van der Waals surface area (Å²) in [5, 5.41) is 9.07. The number of hydrogen-bond donors (Lipinski definition) is 1. The van der Waals surface area contributed by atoms with E-state index in [2.05, 4.69) is 14.9 Å². The van der Waals surface area contributed by atoms with Crippen molar-refractivity contribution in [2.75, 3.05) is 4.72 Å². The van der Waals surface area contributed by atoms with Crippen LogP contribution in [0.3, 0.4) is 0 Å². The van der Waals surface area contributed by atoms with Gasteiger partial charge in [-0.2, -0.15) is 10.2 Å². The summed E-state index contributed by atoms with van der Waals surface area (Å²) in [6.07, 6.45) is 5.83. The van der Waals surface area contributed by atoms with E-state index >= 15 is 0 Å². The average molecular weight is 400 g/mol. The summed E-state index contributed by atoms with van der Waals surface area (Å²) in [7, 11) is -3.70. The molecule has 0 amide bonds. The Morgan fingerprint density at radius 2 is 1.84 bits per heavy atom. The number of aromatic nitrogens is 4. The van der Waals surface area contributed by atoms with Gasteiger partial charge < -0.3 is 0 Å². The van der Waals surface area contributed by atoms with E-state index in [1.165, 1.54) is 18.6 Å². The molecular weight excluding hydrogens is 385 g/mol. The number of hydrogen-bond acceptors (Lipinski definition) is 4. The lowest BCUT2D eigenvalue weighted by Crippen LogP contribution is -2.12. The number of aryl methyl sites for hydroxylation is 1. The molecule has 0 unspecified atom stereocenters. The molecule has 0 saturated carbocycles. The lowest BCUT2D eigenvalue weighted by Gasteiger charge is -2.04. The van der Waals surface area contributed by atoms with Gasteiger partial charge in [0.1, 0.15) is 4.90 Å². The highest BCUT2D eigenvalue weighted by Crippen LogP contribution is 2.23. The van der Waals surface area contributed by atoms with E-state index in [1.54, 1.807) is 27.7 Å². The van der Waals surface area contributed by atoms with Crippen LogP contribution in [0.2, 0.25) is 10.0 Å². The second kappa shape index (κ2) is 7.07. The van der Waals surface area contributed by atoms with Crippen LogP contribution in [0.15, 0.2) is 47.9 Å². The Morgan fingerprint density at radius 1 is 1.08 bits per heavy atom. The molecule has 0 spiro atoms. The molecule has 0 atom stereocenters. The van der Waals surface area contributed by atoms with E-state index < -0.39 is 10.0 Å². The zero-order valence-electron chi connectivity index (χ0n) is 13.2. The number of benzene rings is 1. The highest BCUT2D eigenvalue weighted by atomic mass is 35.5. The van der Waals surface area contributed by atoms with E-state index in [4.69, 9.17) is 23.2 Å². The quantitative estimate of drug-likeness (QED) is 0.689. The van der Waals surface area contributed by atoms with Crippen LogP contribution in [0.1, 0.15) is 12.5 Å². The van der Waals surface area contributed by atoms with Crippen LogP contribution >= 0.6 is 23.2 Å². The van der Waals surface area contributed by atoms with Crippen LogP contribution in [0.4, 0.5) is 5.69 Å². The van der Waals surface area contributed by atoms with Crippen molar-refractivity contribution in [2.24, 2.45) is 0 Å². The Kier molecular flexibility index (Phi) is 5.03. The van der Waals surface area contributed by atoms with Crippen LogP contribution in [-0.4, -0.2) is 28.0 Å². The molecule has 1 N–H and O–H groups in total. The first-order chi connectivity index (χ1) is 11.9. The Bertz CT molecular complexity index is 997. The molecule has 132 valence electrons. The largest absolute Gasteiger partial charge is 0.276 e. The normalized spacial score (nSPS) is 11.6. The minimum atomic E-state index is -3.70. The molecule has 0 aliphatic rings. The summed E-state index contributed by atoms with van der Waals surface area (Å²) in [5.41, 5.74) is 1.26. The lowest BCUT2D eigenvalue weighted by molar-refractivity contribution is 0.600. The van der Waals surface area contributed by atoms with Crippen molar-refractivity contribution in [2.45, 2.75) is 24.9 Å². The zero-order chi connectivity index (χ0) is 18.0. The van der Waals surface area contributed by atoms with Crippen LogP contribution in [-0.2, 0) is 23.1 Å². The summed E-state index contributed by atoms with van der Waals surface area (Å²) in [4.78, 5) is 0.103. The first-order valence-corrected chi connectivity index (χ1v) is 9.63. The topological polar surface area (TPSA) is 81.8 Å². The third-order valence-corrected chi connectivity index (χ3v) is 5.53. The maximum absolute atomic E-state index is 12.3. The van der Waals surface area contributed by atoms with E-state index in [0.717, 1.165) is 5.56 Å². The molecule has 2 heterocycles. The summed E-state index contributed by atoms with van der Waals surface area (Å²) >= 11 is 11.9. The molecule has 0 aliphatic heterocycles. The minimum absolute atomic E-state index is 0.103. The number of anilines is 1. The molecule has 3 aromatic rings. The van der Waals surface area contributed by atoms with Crippen molar-refractivity contribution in [3.8, 4) is 0 Å². The van der Waals surface area contributed by atoms with Crippen molar-refractivity contribution in [3.63, 3.8) is 0 Å². The molecule has 25 heavy (non-hydrogen) atoms. The van der Waals surface area contributed by atoms with E-state index in [1.807, 2.05) is 13.0 Å². The van der Waals surface area contributed by atoms with Gasteiger partial charge in [0.05, 0.1) is 34.7 Å². The fourth-order valence-electron chi connectivity index (χ4n) is 2.20. The van der Waals surface area contributed by atoms with Gasteiger partial charge in [0.25, 0.3) is 10.0 Å². The van der Waals surface area contributed by atoms with Crippen LogP contribution in [0.5, 0.6) is 0 Å². The van der Waals surface area contributed by atoms with Gasteiger partial charge in [-0.05, 0) is 24.6 Å². The molecule has 1 aromatic carbocycles. The predicted molar refractivity (Wildman–Crippen MR) is 96.5 cm³/mol. The smallest absolute Gasteiger partial charge is 0.265 e. The highest BCUT2D eigenvalue weighted by Gasteiger charge is 2.17. The lowest BCUT2D eigenvalue weighted by atomic mass is 10.2. The Balaban J connectivity index is 1.73. The second-order valence-electron chi connectivity index (χ2n) is 5.31. The van der Waals surface area contributed by atoms with Gasteiger partial charge in [0.2, 0.25) is 0 Å². The molecular formula is C15H15Cl2N5O2S. The molecule has 0 aliphatic carbocycles. The maximum Gasteiger partial charge on any atom is 0.265 e. The molecule has 3 rings (SSSR count). The van der Waals surface area contributed by atoms with Gasteiger partial charge >= 0.3 is 0 Å². The molecule has 7 nitrogen and oxygen atoms in total. The van der Waals surface area contributed by atoms with E-state index in [9.17, 15) is 8.42 Å². The Morgan fingerprint density at radius 3 is 2.52 bits per heavy atom. The van der Waals surface area contributed by atoms with E-state index in [-0.39, 0.29) is 4.90 Å². The summed E-state index contributed by atoms with van der Waals surface area (Å²) < 4.78 is 30.3. The average Bonchev–Trinajstić information content (AvgIpc) is 3.20. The minimum Gasteiger partial charge on any atom is -0.276 e. The molecule has 2 aromatic heterocycles. The van der Waals surface area contributed by atoms with Crippen molar-refractivity contribution < 1.29 is 8.42 Å². The maximum atomic E-state index is 12.3. The van der Waals surface area contributed by atoms with Gasteiger partial charge in [-0.1, -0.05) is 29.3 Å². The fourth-order valence-corrected chi connectivity index (χ4v) is 3.50. The first-order valence-electron chi connectivity index (χ1n) is 7.39. The molecule has 0 fully saturated rings. The van der Waals surface area contributed by atoms with Crippen LogP contribution < -0.4 is 4.72 Å². The monoisotopic (exact) mass is 399 g/mol. The van der Waals surface area contributed by atoms with Crippen LogP contribution in [0, 0.1) is 0 Å². The van der Waals surface area contributed by atoms with Crippen molar-refractivity contribution in [1.29, 1.82) is 0 Å². The van der Waals surface area contributed by atoms with Crippen molar-refractivity contribution >= 4 is 38.9 Å². The molecule has 0 saturated heterocycles. The van der Waals surface area contributed by atoms with Gasteiger partial charge in [-0.25, -0.2) is 8.42 Å². The molecule has 10 heteroatoms. The number of nitrogens with one attached hydrogen (secondary N) is 1. The number of nitrogens with zero attached hydrogens (tertiary/aromatic N) is 4. The third kappa shape index (κ3) is 4.15. The second-order valence-corrected chi connectivity index (χ2v) is 7.81. The summed E-state index contributed by atoms with van der Waals surface area (Å²) in [6, 6.07) is 5.28. The number of sulfonamides is 1. The van der Waals surface area contributed by atoms with Crippen molar-refractivity contribution in [3.05, 3.63) is 58.6 Å². The van der Waals surface area contributed by atoms with Crippen molar-refractivity contribution in [1.82, 2.24) is 19.6 Å². The summed E-state index contributed by atoms with van der Waals surface area (Å²) in [6.45, 7) is 2.91. The number of rotatable bonds is 6. The fraction of sp³-hybridized carbons (Fsp3) is 0.200. The zero-order valence-corrected chi connectivity index (χ0v) is 15.6. The highest BCUT2D eigenvalue weighted by molar-refractivity contribution is 7.92. The number of halogens is 2. The standard InChI is InChI=1S/C15H15Cl2N5O2S/c1-2-21-10-13(7-19-21)25(23,24)20-12-6-18-22(9-12)8-11-3-4-14(16)15(17)5-11/h3-7,9-10,20H,2,8H2,1H3. The van der Waals surface area contributed by atoms with Gasteiger partial charge in [-0.3, -0.25) is 14.1 Å². The van der Waals surface area contributed by atoms with Crippen LogP contribution in [0.25, 0.3) is 0 Å². The van der Waals surface area contributed by atoms with E-state index in [0.29, 0.717) is 28.8 Å². The molecule has 0 radical (unpaired) electrons. The SMILES string of the molecule is CCn1cc(S(=O)(=O)Nc2cnn(Cc3ccc(Cl)c(Cl)c3)c2)cn1. The Labute approximate surface area is 155 Å². The summed E-state index contributed by atoms with van der Waals surface area (Å²) in [5.74, 6) is 0. The first kappa shape index (κ1) is 17.8. The third-order valence-electron chi connectivity index (χ3n) is 3.46. The molecule has 0 bridgehead atoms. The predicted octanol–water partition coefficient (Wildman–Crippen LogP) is 3.26. The van der Waals surface area contributed by atoms with Gasteiger partial charge in [0.15, 0.2) is 0 Å². The Hall–Kier alpha value is -2.03. The van der Waals surface area contributed by atoms with Gasteiger partial charge in [0, 0.05) is 18.9 Å².